The van der Waals surface area contributed by atoms with Crippen molar-refractivity contribution in [2.75, 3.05) is 18.1 Å². The number of fused-ring (bicyclic) bond motifs is 2. The highest BCUT2D eigenvalue weighted by molar-refractivity contribution is 5.73. The molecule has 5 nitrogen and oxygen atoms in total. The molecule has 5 rings (SSSR count). The second kappa shape index (κ2) is 11.8. The van der Waals surface area contributed by atoms with E-state index >= 15 is 0 Å². The molecular formula is C32H31NO4. The molecular weight excluding hydrogens is 462 g/mol. The third-order valence-electron chi connectivity index (χ3n) is 6.73. The van der Waals surface area contributed by atoms with Crippen molar-refractivity contribution in [3.63, 3.8) is 0 Å². The number of carbonyl (C=O) groups is 1. The van der Waals surface area contributed by atoms with Crippen molar-refractivity contribution in [3.8, 4) is 5.75 Å². The summed E-state index contributed by atoms with van der Waals surface area (Å²) >= 11 is 0. The Balaban J connectivity index is 1.20. The van der Waals surface area contributed by atoms with Crippen LogP contribution in [0.15, 0.2) is 103 Å². The van der Waals surface area contributed by atoms with E-state index in [4.69, 9.17) is 9.47 Å². The molecule has 1 aliphatic rings. The SMILES string of the molecule is O=C(O)C(Cc1ccc(OCCN2c3ccccc3CCc3ccccc32)cc1)OCc1ccccc1. The zero-order valence-electron chi connectivity index (χ0n) is 20.8. The van der Waals surface area contributed by atoms with Gasteiger partial charge in [0.1, 0.15) is 12.4 Å². The Labute approximate surface area is 217 Å². The van der Waals surface area contributed by atoms with Gasteiger partial charge in [0.25, 0.3) is 0 Å². The number of nitrogens with zero attached hydrogens (tertiary/aromatic N) is 1. The Morgan fingerprint density at radius 2 is 1.35 bits per heavy atom. The minimum Gasteiger partial charge on any atom is -0.492 e. The van der Waals surface area contributed by atoms with Crippen molar-refractivity contribution in [3.05, 3.63) is 125 Å². The molecule has 0 bridgehead atoms. The molecule has 0 fully saturated rings. The second-order valence-corrected chi connectivity index (χ2v) is 9.23. The average molecular weight is 494 g/mol. The summed E-state index contributed by atoms with van der Waals surface area (Å²) < 4.78 is 11.8. The number of benzene rings is 4. The van der Waals surface area contributed by atoms with Crippen molar-refractivity contribution in [2.24, 2.45) is 0 Å². The normalized spacial score (nSPS) is 13.2. The molecule has 188 valence electrons. The zero-order chi connectivity index (χ0) is 25.5. The quantitative estimate of drug-likeness (QED) is 0.284. The summed E-state index contributed by atoms with van der Waals surface area (Å²) in [5.41, 5.74) is 7.02. The fourth-order valence-electron chi connectivity index (χ4n) is 4.79. The molecule has 1 unspecified atom stereocenters. The smallest absolute Gasteiger partial charge is 0.333 e. The number of rotatable bonds is 10. The number of hydrogen-bond acceptors (Lipinski definition) is 4. The summed E-state index contributed by atoms with van der Waals surface area (Å²) in [6.45, 7) is 1.52. The minimum atomic E-state index is -0.964. The molecule has 4 aromatic rings. The predicted molar refractivity (Wildman–Crippen MR) is 146 cm³/mol. The molecule has 1 atom stereocenters. The largest absolute Gasteiger partial charge is 0.492 e. The van der Waals surface area contributed by atoms with E-state index in [0.717, 1.165) is 36.3 Å². The average Bonchev–Trinajstić information content (AvgIpc) is 3.09. The molecule has 0 aromatic heterocycles. The molecule has 1 heterocycles. The van der Waals surface area contributed by atoms with Gasteiger partial charge in [0.05, 0.1) is 13.2 Å². The van der Waals surface area contributed by atoms with Crippen LogP contribution in [0, 0.1) is 0 Å². The molecule has 0 saturated heterocycles. The van der Waals surface area contributed by atoms with Crippen LogP contribution in [0.25, 0.3) is 0 Å². The van der Waals surface area contributed by atoms with Crippen LogP contribution in [0.5, 0.6) is 5.75 Å². The Morgan fingerprint density at radius 1 is 0.757 bits per heavy atom. The van der Waals surface area contributed by atoms with Crippen LogP contribution in [-0.4, -0.2) is 30.3 Å². The van der Waals surface area contributed by atoms with Crippen molar-refractivity contribution >= 4 is 17.3 Å². The van der Waals surface area contributed by atoms with Gasteiger partial charge < -0.3 is 19.5 Å². The minimum absolute atomic E-state index is 0.266. The van der Waals surface area contributed by atoms with Gasteiger partial charge in [-0.05, 0) is 59.4 Å². The van der Waals surface area contributed by atoms with Gasteiger partial charge in [-0.15, -0.1) is 0 Å². The van der Waals surface area contributed by atoms with Crippen molar-refractivity contribution in [2.45, 2.75) is 32.0 Å². The summed E-state index contributed by atoms with van der Waals surface area (Å²) in [6, 6.07) is 34.4. The van der Waals surface area contributed by atoms with Crippen LogP contribution >= 0.6 is 0 Å². The fraction of sp³-hybridized carbons (Fsp3) is 0.219. The van der Waals surface area contributed by atoms with Crippen LogP contribution in [0.4, 0.5) is 11.4 Å². The first-order valence-electron chi connectivity index (χ1n) is 12.7. The van der Waals surface area contributed by atoms with E-state index in [2.05, 4.69) is 53.4 Å². The predicted octanol–water partition coefficient (Wildman–Crippen LogP) is 6.21. The second-order valence-electron chi connectivity index (χ2n) is 9.23. The van der Waals surface area contributed by atoms with Gasteiger partial charge in [0, 0.05) is 17.8 Å². The summed E-state index contributed by atoms with van der Waals surface area (Å²) in [7, 11) is 0. The van der Waals surface area contributed by atoms with Gasteiger partial charge in [-0.25, -0.2) is 4.79 Å². The van der Waals surface area contributed by atoms with Gasteiger partial charge in [0.2, 0.25) is 0 Å². The van der Waals surface area contributed by atoms with E-state index < -0.39 is 12.1 Å². The summed E-state index contributed by atoms with van der Waals surface area (Å²) in [4.78, 5) is 14.1. The van der Waals surface area contributed by atoms with Gasteiger partial charge in [-0.3, -0.25) is 0 Å². The van der Waals surface area contributed by atoms with Crippen molar-refractivity contribution < 1.29 is 19.4 Å². The van der Waals surface area contributed by atoms with Crippen molar-refractivity contribution in [1.29, 1.82) is 0 Å². The van der Waals surface area contributed by atoms with Crippen LogP contribution in [0.2, 0.25) is 0 Å². The Kier molecular flexibility index (Phi) is 7.82. The van der Waals surface area contributed by atoms with Gasteiger partial charge >= 0.3 is 5.97 Å². The Bertz CT molecular complexity index is 1270. The Hall–Kier alpha value is -4.09. The molecule has 0 aliphatic carbocycles. The number of carboxylic acid groups (broad SMARTS) is 1. The molecule has 0 radical (unpaired) electrons. The lowest BCUT2D eigenvalue weighted by Gasteiger charge is -2.27. The highest BCUT2D eigenvalue weighted by atomic mass is 16.5. The number of aliphatic carboxylic acids is 1. The van der Waals surface area contributed by atoms with Crippen LogP contribution < -0.4 is 9.64 Å². The third kappa shape index (κ3) is 6.19. The first-order chi connectivity index (χ1) is 18.2. The molecule has 1 N–H and O–H groups in total. The number of ether oxygens (including phenoxy) is 2. The molecule has 37 heavy (non-hydrogen) atoms. The summed E-state index contributed by atoms with van der Waals surface area (Å²) in [5, 5.41) is 9.61. The lowest BCUT2D eigenvalue weighted by Crippen LogP contribution is -2.26. The topological polar surface area (TPSA) is 59.0 Å². The maximum Gasteiger partial charge on any atom is 0.333 e. The molecule has 5 heteroatoms. The third-order valence-corrected chi connectivity index (χ3v) is 6.73. The van der Waals surface area contributed by atoms with Gasteiger partial charge in [-0.2, -0.15) is 0 Å². The van der Waals surface area contributed by atoms with Crippen LogP contribution in [0.3, 0.4) is 0 Å². The number of anilines is 2. The van der Waals surface area contributed by atoms with Gasteiger partial charge in [-0.1, -0.05) is 78.9 Å². The van der Waals surface area contributed by atoms with E-state index in [1.807, 2.05) is 54.6 Å². The highest BCUT2D eigenvalue weighted by Crippen LogP contribution is 2.35. The monoisotopic (exact) mass is 493 g/mol. The lowest BCUT2D eigenvalue weighted by atomic mass is 10.0. The van der Waals surface area contributed by atoms with E-state index in [1.165, 1.54) is 22.5 Å². The first-order valence-corrected chi connectivity index (χ1v) is 12.7. The zero-order valence-corrected chi connectivity index (χ0v) is 20.8. The maximum absolute atomic E-state index is 11.7. The summed E-state index contributed by atoms with van der Waals surface area (Å²) in [6.07, 6.45) is 1.44. The fourth-order valence-corrected chi connectivity index (χ4v) is 4.79. The Morgan fingerprint density at radius 3 is 1.97 bits per heavy atom. The summed E-state index contributed by atoms with van der Waals surface area (Å²) in [5.74, 6) is -0.202. The van der Waals surface area contributed by atoms with E-state index in [0.29, 0.717) is 13.0 Å². The number of carboxylic acids is 1. The lowest BCUT2D eigenvalue weighted by molar-refractivity contribution is -0.151. The molecule has 0 spiro atoms. The molecule has 0 saturated carbocycles. The standard InChI is InChI=1S/C32H31NO4/c34-32(35)31(37-23-25-8-2-1-3-9-25)22-24-14-18-28(19-15-24)36-21-20-33-29-12-6-4-10-26(29)16-17-27-11-5-7-13-30(27)33/h1-15,18-19,31H,16-17,20-23H2,(H,34,35). The van der Waals surface area contributed by atoms with Crippen molar-refractivity contribution in [1.82, 2.24) is 0 Å². The molecule has 0 amide bonds. The van der Waals surface area contributed by atoms with E-state index in [9.17, 15) is 9.90 Å². The van der Waals surface area contributed by atoms with Gasteiger partial charge in [0.15, 0.2) is 6.10 Å². The molecule has 1 aliphatic heterocycles. The first kappa shape index (κ1) is 24.6. The highest BCUT2D eigenvalue weighted by Gasteiger charge is 2.21. The number of aryl methyl sites for hydroxylation is 2. The van der Waals surface area contributed by atoms with Crippen LogP contribution in [0.1, 0.15) is 22.3 Å². The molecule has 4 aromatic carbocycles. The van der Waals surface area contributed by atoms with Crippen LogP contribution in [-0.2, 0) is 35.4 Å². The number of hydrogen-bond donors (Lipinski definition) is 1. The maximum atomic E-state index is 11.7. The van der Waals surface area contributed by atoms with E-state index in [1.54, 1.807) is 0 Å². The van der Waals surface area contributed by atoms with E-state index in [-0.39, 0.29) is 6.61 Å². The number of para-hydroxylation sites is 2.